The molecule has 0 spiro atoms. The van der Waals surface area contributed by atoms with Crippen LogP contribution < -0.4 is 5.32 Å². The van der Waals surface area contributed by atoms with E-state index >= 15 is 0 Å². The third kappa shape index (κ3) is 2.43. The van der Waals surface area contributed by atoms with Crippen molar-refractivity contribution in [1.82, 2.24) is 5.32 Å². The molecule has 130 valence electrons. The monoisotopic (exact) mass is 399 g/mol. The second kappa shape index (κ2) is 5.63. The zero-order valence-electron chi connectivity index (χ0n) is 14.8. The van der Waals surface area contributed by atoms with Gasteiger partial charge in [0.05, 0.1) is 12.0 Å². The number of azo groups is 1. The average molecular weight is 400 g/mol. The summed E-state index contributed by atoms with van der Waals surface area (Å²) in [6.45, 7) is 7.02. The van der Waals surface area contributed by atoms with Crippen molar-refractivity contribution in [3.63, 3.8) is 0 Å². The first kappa shape index (κ1) is 16.7. The van der Waals surface area contributed by atoms with E-state index in [1.54, 1.807) is 0 Å². The highest BCUT2D eigenvalue weighted by molar-refractivity contribution is 9.10. The lowest BCUT2D eigenvalue weighted by Gasteiger charge is -2.45. The van der Waals surface area contributed by atoms with Crippen molar-refractivity contribution < 1.29 is 4.79 Å². The molecule has 1 aromatic carbocycles. The van der Waals surface area contributed by atoms with Crippen LogP contribution >= 0.6 is 15.9 Å². The highest BCUT2D eigenvalue weighted by Gasteiger charge is 2.51. The topological polar surface area (TPSA) is 53.8 Å². The predicted molar refractivity (Wildman–Crippen MR) is 101 cm³/mol. The number of dihydropyridines is 1. The lowest BCUT2D eigenvalue weighted by molar-refractivity contribution is -0.118. The van der Waals surface area contributed by atoms with Crippen LogP contribution in [-0.4, -0.2) is 12.3 Å². The van der Waals surface area contributed by atoms with Gasteiger partial charge in [0, 0.05) is 27.7 Å². The van der Waals surface area contributed by atoms with Gasteiger partial charge in [0.25, 0.3) is 0 Å². The van der Waals surface area contributed by atoms with E-state index in [1.165, 1.54) is 0 Å². The smallest absolute Gasteiger partial charge is 0.162 e. The molecule has 0 amide bonds. The van der Waals surface area contributed by atoms with Crippen LogP contribution in [-0.2, 0) is 10.2 Å². The van der Waals surface area contributed by atoms with Gasteiger partial charge in [-0.25, -0.2) is 0 Å². The Morgan fingerprint density at radius 1 is 1.28 bits per heavy atom. The number of hydrogen-bond donors (Lipinski definition) is 1. The Bertz CT molecular complexity index is 865. The lowest BCUT2D eigenvalue weighted by atomic mass is 9.59. The zero-order chi connectivity index (χ0) is 17.8. The van der Waals surface area contributed by atoms with Gasteiger partial charge in [0.1, 0.15) is 0 Å². The van der Waals surface area contributed by atoms with Crippen molar-refractivity contribution in [3.8, 4) is 0 Å². The Morgan fingerprint density at radius 2 is 2.08 bits per heavy atom. The van der Waals surface area contributed by atoms with Gasteiger partial charge < -0.3 is 5.32 Å². The maximum atomic E-state index is 13.3. The first-order chi connectivity index (χ1) is 11.9. The second-order valence-electron chi connectivity index (χ2n) is 7.92. The number of nitrogens with one attached hydrogen (secondary N) is 1. The van der Waals surface area contributed by atoms with Crippen LogP contribution in [0.4, 0.5) is 0 Å². The van der Waals surface area contributed by atoms with Gasteiger partial charge in [0.2, 0.25) is 0 Å². The minimum Gasteiger partial charge on any atom is -0.342 e. The lowest BCUT2D eigenvalue weighted by Crippen LogP contribution is -2.46. The van der Waals surface area contributed by atoms with E-state index in [1.807, 2.05) is 12.1 Å². The molecule has 4 nitrogen and oxygen atoms in total. The van der Waals surface area contributed by atoms with E-state index < -0.39 is 5.41 Å². The van der Waals surface area contributed by atoms with Crippen molar-refractivity contribution in [2.45, 2.75) is 45.4 Å². The van der Waals surface area contributed by atoms with Crippen molar-refractivity contribution >= 4 is 21.7 Å². The van der Waals surface area contributed by atoms with Crippen molar-refractivity contribution in [2.24, 2.45) is 15.6 Å². The molecule has 2 heterocycles. The number of allylic oxidation sites excluding steroid dienone is 2. The van der Waals surface area contributed by atoms with Crippen LogP contribution in [0.3, 0.4) is 0 Å². The Labute approximate surface area is 156 Å². The molecule has 4 rings (SSSR count). The molecule has 1 aromatic rings. The number of Topliss-reactive ketones (excluding diaryl/α,β-unsaturated/α-hetero) is 1. The van der Waals surface area contributed by atoms with Gasteiger partial charge in [-0.1, -0.05) is 48.8 Å². The van der Waals surface area contributed by atoms with Crippen LogP contribution in [0.5, 0.6) is 0 Å². The molecule has 0 aromatic heterocycles. The van der Waals surface area contributed by atoms with Crippen LogP contribution in [0.25, 0.3) is 0 Å². The van der Waals surface area contributed by atoms with E-state index in [-0.39, 0.29) is 11.2 Å². The number of benzene rings is 1. The Kier molecular flexibility index (Phi) is 3.76. The molecule has 0 saturated heterocycles. The molecule has 1 N–H and O–H groups in total. The van der Waals surface area contributed by atoms with Crippen molar-refractivity contribution in [1.29, 1.82) is 0 Å². The molecule has 3 aliphatic rings. The summed E-state index contributed by atoms with van der Waals surface area (Å²) in [5, 5.41) is 12.1. The van der Waals surface area contributed by atoms with Gasteiger partial charge in [-0.05, 0) is 36.0 Å². The van der Waals surface area contributed by atoms with E-state index in [9.17, 15) is 4.79 Å². The largest absolute Gasteiger partial charge is 0.342 e. The highest BCUT2D eigenvalue weighted by atomic mass is 79.9. The summed E-state index contributed by atoms with van der Waals surface area (Å²) in [6.07, 6.45) is 2.26. The van der Waals surface area contributed by atoms with E-state index in [4.69, 9.17) is 0 Å². The van der Waals surface area contributed by atoms with Gasteiger partial charge in [-0.15, -0.1) is 5.11 Å². The summed E-state index contributed by atoms with van der Waals surface area (Å²) < 4.78 is 1.02. The number of carbonyl (C=O) groups excluding carboxylic acids is 1. The maximum absolute atomic E-state index is 13.3. The fraction of sp³-hybridized carbons (Fsp3) is 0.450. The molecule has 0 saturated carbocycles. The molecule has 1 unspecified atom stereocenters. The first-order valence-corrected chi connectivity index (χ1v) is 9.58. The molecule has 5 heteroatoms. The standard InChI is InChI=1S/C20H22BrN3O/c1-4-20(12-6-5-7-13(21)8-12)14-11-22-24-18(14)23-15-9-19(2,3)10-16(25)17(15)20/h5-8,23H,4,9-11H2,1-3H3. The quantitative estimate of drug-likeness (QED) is 0.758. The Morgan fingerprint density at radius 3 is 2.80 bits per heavy atom. The fourth-order valence-electron chi connectivity index (χ4n) is 4.63. The first-order valence-electron chi connectivity index (χ1n) is 8.78. The Hall–Kier alpha value is -1.75. The van der Waals surface area contributed by atoms with Crippen LogP contribution in [0.15, 0.2) is 61.6 Å². The molecule has 1 atom stereocenters. The molecule has 0 radical (unpaired) electrons. The minimum absolute atomic E-state index is 0.0342. The van der Waals surface area contributed by atoms with Crippen LogP contribution in [0, 0.1) is 5.41 Å². The summed E-state index contributed by atoms with van der Waals surface area (Å²) in [5.41, 5.74) is 3.76. The number of ketones is 1. The summed E-state index contributed by atoms with van der Waals surface area (Å²) in [4.78, 5) is 13.3. The van der Waals surface area contributed by atoms with Crippen molar-refractivity contribution in [3.05, 3.63) is 57.0 Å². The fourth-order valence-corrected chi connectivity index (χ4v) is 5.03. The minimum atomic E-state index is -0.434. The molecule has 1 aliphatic carbocycles. The van der Waals surface area contributed by atoms with Crippen LogP contribution in [0.1, 0.15) is 45.6 Å². The van der Waals surface area contributed by atoms with Gasteiger partial charge in [-0.2, -0.15) is 5.11 Å². The average Bonchev–Trinajstić information content (AvgIpc) is 3.00. The number of carbonyl (C=O) groups is 1. The summed E-state index contributed by atoms with van der Waals surface area (Å²) in [7, 11) is 0. The van der Waals surface area contributed by atoms with E-state index in [2.05, 4.69) is 64.4 Å². The SMILES string of the molecule is CCC1(c2cccc(Br)c2)C2=C(N=NC2)NC2=C1C(=O)CC(C)(C)C2. The third-order valence-corrected chi connectivity index (χ3v) is 6.11. The highest BCUT2D eigenvalue weighted by Crippen LogP contribution is 2.53. The second-order valence-corrected chi connectivity index (χ2v) is 8.83. The van der Waals surface area contributed by atoms with Crippen LogP contribution in [0.2, 0.25) is 0 Å². The zero-order valence-corrected chi connectivity index (χ0v) is 16.4. The van der Waals surface area contributed by atoms with Crippen molar-refractivity contribution in [2.75, 3.05) is 6.54 Å². The molecule has 0 bridgehead atoms. The number of rotatable bonds is 2. The third-order valence-electron chi connectivity index (χ3n) is 5.62. The van der Waals surface area contributed by atoms with E-state index in [0.29, 0.717) is 13.0 Å². The molecular weight excluding hydrogens is 378 g/mol. The normalized spacial score (nSPS) is 27.3. The number of hydrogen-bond acceptors (Lipinski definition) is 4. The number of halogens is 1. The molecule has 25 heavy (non-hydrogen) atoms. The Balaban J connectivity index is 2.00. The van der Waals surface area contributed by atoms with Gasteiger partial charge in [0.15, 0.2) is 11.6 Å². The number of nitrogens with zero attached hydrogens (tertiary/aromatic N) is 2. The summed E-state index contributed by atoms with van der Waals surface area (Å²) >= 11 is 3.60. The molecule has 0 fully saturated rings. The summed E-state index contributed by atoms with van der Waals surface area (Å²) in [5.74, 6) is 1.09. The van der Waals surface area contributed by atoms with E-state index in [0.717, 1.165) is 45.5 Å². The van der Waals surface area contributed by atoms with Gasteiger partial charge >= 0.3 is 0 Å². The molecule has 2 aliphatic heterocycles. The predicted octanol–water partition coefficient (Wildman–Crippen LogP) is 5.02. The maximum Gasteiger partial charge on any atom is 0.162 e. The molecular formula is C20H22BrN3O. The van der Waals surface area contributed by atoms with Gasteiger partial charge in [-0.3, -0.25) is 4.79 Å². The summed E-state index contributed by atoms with van der Waals surface area (Å²) in [6, 6.07) is 8.32.